The summed E-state index contributed by atoms with van der Waals surface area (Å²) in [5.41, 5.74) is 2.44. The number of hydrogen-bond donors (Lipinski definition) is 2. The third kappa shape index (κ3) is 9.30. The van der Waals surface area contributed by atoms with E-state index >= 15 is 0 Å². The summed E-state index contributed by atoms with van der Waals surface area (Å²) in [6.07, 6.45) is 5.24. The number of aliphatic hydroxyl groups is 1. The molecular formula is C30H44N2O4. The molecule has 2 N–H and O–H groups in total. The molecule has 2 amide bonds. The van der Waals surface area contributed by atoms with Crippen LogP contribution < -0.4 is 10.2 Å². The van der Waals surface area contributed by atoms with Gasteiger partial charge in [0.25, 0.3) is 0 Å². The molecule has 6 nitrogen and oxygen atoms in total. The van der Waals surface area contributed by atoms with Gasteiger partial charge in [0.1, 0.15) is 5.60 Å². The van der Waals surface area contributed by atoms with Crippen molar-refractivity contribution in [1.29, 1.82) is 0 Å². The second-order valence-electron chi connectivity index (χ2n) is 10.4. The summed E-state index contributed by atoms with van der Waals surface area (Å²) < 4.78 is 5.70. The minimum absolute atomic E-state index is 0.105. The van der Waals surface area contributed by atoms with Crippen LogP contribution >= 0.6 is 0 Å². The molecule has 0 aromatic heterocycles. The number of anilines is 1. The van der Waals surface area contributed by atoms with Crippen LogP contribution in [0.3, 0.4) is 0 Å². The lowest BCUT2D eigenvalue weighted by molar-refractivity contribution is -0.161. The fourth-order valence-corrected chi connectivity index (χ4v) is 4.39. The van der Waals surface area contributed by atoms with Gasteiger partial charge in [-0.25, -0.2) is 4.79 Å². The maximum Gasteiger partial charge on any atom is 0.322 e. The van der Waals surface area contributed by atoms with Gasteiger partial charge >= 0.3 is 12.0 Å². The first kappa shape index (κ1) is 29.4. The number of urea groups is 1. The molecule has 2 aromatic rings. The van der Waals surface area contributed by atoms with Crippen molar-refractivity contribution >= 4 is 17.7 Å². The lowest BCUT2D eigenvalue weighted by Crippen LogP contribution is -2.40. The molecule has 0 heterocycles. The van der Waals surface area contributed by atoms with E-state index in [2.05, 4.69) is 31.3 Å². The van der Waals surface area contributed by atoms with Gasteiger partial charge in [-0.3, -0.25) is 9.69 Å². The second-order valence-corrected chi connectivity index (χ2v) is 10.4. The third-order valence-electron chi connectivity index (χ3n) is 5.93. The first-order valence-corrected chi connectivity index (χ1v) is 13.2. The molecule has 1 aliphatic carbocycles. The molecule has 0 aliphatic heterocycles. The standard InChI is InChI=1S/C27H36N2O4.C3H8/c1-27(2,3)33-25(31)24-12-8-7-11-23(24)21-15-13-20(14-16-21)19-29(26(32)28-17-18-30)22-9-5-4-6-10-22;1-3-2/h4-6,9-10,13-16,23-24,30H,7-8,11-12,17-19H2,1-3H3,(H,28,32);3H2,1-2H3/t23-,24+;/m0./s1. The quantitative estimate of drug-likeness (QED) is 0.433. The van der Waals surface area contributed by atoms with Crippen molar-refractivity contribution in [1.82, 2.24) is 5.32 Å². The maximum atomic E-state index is 12.8. The van der Waals surface area contributed by atoms with Crippen molar-refractivity contribution in [3.05, 3.63) is 65.7 Å². The van der Waals surface area contributed by atoms with E-state index in [1.165, 1.54) is 6.42 Å². The van der Waals surface area contributed by atoms with E-state index in [4.69, 9.17) is 9.84 Å². The Balaban J connectivity index is 0.00000145. The van der Waals surface area contributed by atoms with Crippen LogP contribution in [0.25, 0.3) is 0 Å². The summed E-state index contributed by atoms with van der Waals surface area (Å²) in [6.45, 7) is 10.5. The Bertz CT molecular complexity index is 922. The average Bonchev–Trinajstić information content (AvgIpc) is 2.86. The number of carbonyl (C=O) groups excluding carboxylic acids is 2. The smallest absolute Gasteiger partial charge is 0.322 e. The van der Waals surface area contributed by atoms with Crippen LogP contribution in [-0.2, 0) is 16.1 Å². The second kappa shape index (κ2) is 14.6. The number of hydrogen-bond acceptors (Lipinski definition) is 4. The summed E-state index contributed by atoms with van der Waals surface area (Å²) in [7, 11) is 0. The van der Waals surface area contributed by atoms with Gasteiger partial charge in [0, 0.05) is 12.2 Å². The van der Waals surface area contributed by atoms with Gasteiger partial charge in [-0.2, -0.15) is 0 Å². The summed E-state index contributed by atoms with van der Waals surface area (Å²) in [5.74, 6) is -0.0679. The topological polar surface area (TPSA) is 78.9 Å². The molecule has 3 rings (SSSR count). The van der Waals surface area contributed by atoms with Crippen LogP contribution in [0.2, 0.25) is 0 Å². The highest BCUT2D eigenvalue weighted by atomic mass is 16.6. The van der Waals surface area contributed by atoms with Crippen LogP contribution in [0.5, 0.6) is 0 Å². The van der Waals surface area contributed by atoms with E-state index in [1.54, 1.807) is 4.90 Å². The Morgan fingerprint density at radius 3 is 2.19 bits per heavy atom. The van der Waals surface area contributed by atoms with E-state index in [9.17, 15) is 9.59 Å². The normalized spacial score (nSPS) is 17.4. The molecule has 0 saturated heterocycles. The first-order chi connectivity index (χ1) is 17.2. The predicted molar refractivity (Wildman–Crippen MR) is 146 cm³/mol. The van der Waals surface area contributed by atoms with E-state index in [-0.39, 0.29) is 37.0 Å². The Hall–Kier alpha value is -2.86. The molecule has 2 aromatic carbocycles. The number of nitrogens with zero attached hydrogens (tertiary/aromatic N) is 1. The van der Waals surface area contributed by atoms with Crippen LogP contribution in [0.15, 0.2) is 54.6 Å². The molecule has 0 spiro atoms. The highest BCUT2D eigenvalue weighted by molar-refractivity contribution is 5.91. The van der Waals surface area contributed by atoms with E-state index in [0.717, 1.165) is 42.5 Å². The van der Waals surface area contributed by atoms with Gasteiger partial charge in [-0.15, -0.1) is 0 Å². The van der Waals surface area contributed by atoms with Crippen molar-refractivity contribution in [2.75, 3.05) is 18.1 Å². The Morgan fingerprint density at radius 1 is 1.00 bits per heavy atom. The van der Waals surface area contributed by atoms with Crippen LogP contribution in [0.1, 0.15) is 83.8 Å². The monoisotopic (exact) mass is 496 g/mol. The maximum absolute atomic E-state index is 12.8. The van der Waals surface area contributed by atoms with Crippen molar-refractivity contribution in [2.45, 2.75) is 84.8 Å². The predicted octanol–water partition coefficient (Wildman–Crippen LogP) is 6.43. The van der Waals surface area contributed by atoms with Crippen LogP contribution in [0, 0.1) is 5.92 Å². The fraction of sp³-hybridized carbons (Fsp3) is 0.533. The number of amides is 2. The van der Waals surface area contributed by atoms with Crippen molar-refractivity contribution < 1.29 is 19.4 Å². The molecule has 6 heteroatoms. The van der Waals surface area contributed by atoms with Gasteiger partial charge in [-0.1, -0.05) is 75.6 Å². The lowest BCUT2D eigenvalue weighted by Gasteiger charge is -2.33. The fourth-order valence-electron chi connectivity index (χ4n) is 4.39. The molecule has 0 bridgehead atoms. The van der Waals surface area contributed by atoms with Crippen molar-refractivity contribution in [3.8, 4) is 0 Å². The van der Waals surface area contributed by atoms with Gasteiger partial charge in [-0.05, 0) is 62.8 Å². The summed E-state index contributed by atoms with van der Waals surface area (Å²) >= 11 is 0. The number of carbonyl (C=O) groups is 2. The molecule has 0 radical (unpaired) electrons. The Kier molecular flexibility index (Phi) is 11.9. The highest BCUT2D eigenvalue weighted by Gasteiger charge is 2.35. The first-order valence-electron chi connectivity index (χ1n) is 13.2. The lowest BCUT2D eigenvalue weighted by atomic mass is 9.75. The zero-order valence-electron chi connectivity index (χ0n) is 22.6. The van der Waals surface area contributed by atoms with Gasteiger partial charge in [0.15, 0.2) is 0 Å². The number of benzene rings is 2. The molecule has 1 aliphatic rings. The number of para-hydroxylation sites is 1. The Labute approximate surface area is 217 Å². The summed E-state index contributed by atoms with van der Waals surface area (Å²) in [6, 6.07) is 17.5. The van der Waals surface area contributed by atoms with Crippen molar-refractivity contribution in [2.24, 2.45) is 5.92 Å². The zero-order valence-corrected chi connectivity index (χ0v) is 22.6. The largest absolute Gasteiger partial charge is 0.460 e. The SMILES string of the molecule is CC(C)(C)OC(=O)[C@@H]1CCCC[C@H]1c1ccc(CN(C(=O)NCCO)c2ccccc2)cc1.CCC. The molecule has 1 saturated carbocycles. The molecular weight excluding hydrogens is 452 g/mol. The van der Waals surface area contributed by atoms with E-state index < -0.39 is 5.60 Å². The van der Waals surface area contributed by atoms with Gasteiger partial charge in [0.05, 0.1) is 19.1 Å². The minimum Gasteiger partial charge on any atom is -0.460 e. The number of esters is 1. The zero-order chi connectivity index (χ0) is 26.6. The molecule has 1 fully saturated rings. The summed E-state index contributed by atoms with van der Waals surface area (Å²) in [5, 5.41) is 11.8. The van der Waals surface area contributed by atoms with Crippen LogP contribution in [0.4, 0.5) is 10.5 Å². The van der Waals surface area contributed by atoms with E-state index in [1.807, 2.05) is 63.2 Å². The third-order valence-corrected chi connectivity index (χ3v) is 5.93. The van der Waals surface area contributed by atoms with E-state index in [0.29, 0.717) is 6.54 Å². The summed E-state index contributed by atoms with van der Waals surface area (Å²) in [4.78, 5) is 27.2. The minimum atomic E-state index is -0.486. The van der Waals surface area contributed by atoms with Crippen LogP contribution in [-0.4, -0.2) is 35.9 Å². The average molecular weight is 497 g/mol. The molecule has 198 valence electrons. The molecule has 0 unspecified atom stereocenters. The van der Waals surface area contributed by atoms with Crippen molar-refractivity contribution in [3.63, 3.8) is 0 Å². The number of ether oxygens (including phenoxy) is 1. The highest BCUT2D eigenvalue weighted by Crippen LogP contribution is 2.39. The van der Waals surface area contributed by atoms with Gasteiger partial charge in [0.2, 0.25) is 0 Å². The Morgan fingerprint density at radius 2 is 1.61 bits per heavy atom. The van der Waals surface area contributed by atoms with Gasteiger partial charge < -0.3 is 15.2 Å². The molecule has 2 atom stereocenters. The number of nitrogens with one attached hydrogen (secondary N) is 1. The molecule has 36 heavy (non-hydrogen) atoms. The number of rotatable bonds is 7. The number of aliphatic hydroxyl groups excluding tert-OH is 1.